The third-order valence-electron chi connectivity index (χ3n) is 4.01. The molecule has 5 heteroatoms. The molecule has 0 aliphatic rings. The van der Waals surface area contributed by atoms with E-state index in [9.17, 15) is 4.79 Å². The Bertz CT molecular complexity index is 1060. The van der Waals surface area contributed by atoms with Gasteiger partial charge in [-0.2, -0.15) is 0 Å². The van der Waals surface area contributed by atoms with E-state index in [0.29, 0.717) is 22.9 Å². The Morgan fingerprint density at radius 3 is 2.79 bits per heavy atom. The smallest absolute Gasteiger partial charge is 0.291 e. The highest BCUT2D eigenvalue weighted by atomic mass is 16.4. The second kappa shape index (κ2) is 5.53. The van der Waals surface area contributed by atoms with E-state index in [1.807, 2.05) is 37.3 Å². The van der Waals surface area contributed by atoms with E-state index in [1.165, 1.54) is 0 Å². The van der Waals surface area contributed by atoms with Crippen LogP contribution in [0.3, 0.4) is 0 Å². The van der Waals surface area contributed by atoms with Crippen LogP contribution in [0, 0.1) is 6.92 Å². The van der Waals surface area contributed by atoms with Gasteiger partial charge in [-0.25, -0.2) is 4.98 Å². The van der Waals surface area contributed by atoms with Gasteiger partial charge in [-0.3, -0.25) is 4.79 Å². The van der Waals surface area contributed by atoms with Crippen molar-refractivity contribution in [3.8, 4) is 0 Å². The molecule has 1 amide bonds. The number of anilines is 1. The number of furan rings is 1. The normalized spacial score (nSPS) is 11.2. The molecule has 2 aromatic carbocycles. The molecule has 4 rings (SSSR count). The fourth-order valence-electron chi connectivity index (χ4n) is 2.94. The average Bonchev–Trinajstić information content (AvgIpc) is 3.13. The fourth-order valence-corrected chi connectivity index (χ4v) is 2.94. The molecule has 0 fully saturated rings. The lowest BCUT2D eigenvalue weighted by Crippen LogP contribution is -2.12. The molecule has 1 N–H and O–H groups in total. The van der Waals surface area contributed by atoms with Crippen LogP contribution < -0.4 is 5.32 Å². The number of amides is 1. The van der Waals surface area contributed by atoms with Crippen molar-refractivity contribution < 1.29 is 13.6 Å². The predicted octanol–water partition coefficient (Wildman–Crippen LogP) is 4.70. The molecule has 0 radical (unpaired) electrons. The topological polar surface area (TPSA) is 68.3 Å². The van der Waals surface area contributed by atoms with Gasteiger partial charge >= 0.3 is 0 Å². The van der Waals surface area contributed by atoms with Crippen LogP contribution in [0.15, 0.2) is 51.3 Å². The van der Waals surface area contributed by atoms with Gasteiger partial charge in [0.15, 0.2) is 17.2 Å². The first-order chi connectivity index (χ1) is 11.7. The number of hydrogen-bond donors (Lipinski definition) is 1. The molecule has 2 aromatic heterocycles. The third kappa shape index (κ3) is 2.34. The van der Waals surface area contributed by atoms with Crippen LogP contribution >= 0.6 is 0 Å². The standard InChI is InChI=1S/C19H16N2O3/c1-3-13-14-6-4-5-7-16(14)24-18(13)19(22)21-12-8-9-15-17(10-12)23-11(2)20-15/h4-10H,3H2,1-2H3,(H,21,22). The van der Waals surface area contributed by atoms with E-state index in [1.54, 1.807) is 19.1 Å². The van der Waals surface area contributed by atoms with E-state index >= 15 is 0 Å². The number of benzene rings is 2. The number of nitrogens with zero attached hydrogens (tertiary/aromatic N) is 1. The number of carbonyl (C=O) groups is 1. The number of hydrogen-bond acceptors (Lipinski definition) is 4. The second-order valence-corrected chi connectivity index (χ2v) is 5.63. The lowest BCUT2D eigenvalue weighted by molar-refractivity contribution is 0.0997. The summed E-state index contributed by atoms with van der Waals surface area (Å²) in [5, 5.41) is 3.85. The minimum atomic E-state index is -0.265. The van der Waals surface area contributed by atoms with Crippen molar-refractivity contribution >= 4 is 33.7 Å². The summed E-state index contributed by atoms with van der Waals surface area (Å²) in [6, 6.07) is 13.1. The number of rotatable bonds is 3. The maximum atomic E-state index is 12.7. The zero-order chi connectivity index (χ0) is 16.7. The van der Waals surface area contributed by atoms with E-state index in [-0.39, 0.29) is 5.91 Å². The van der Waals surface area contributed by atoms with Crippen LogP contribution in [0.1, 0.15) is 28.9 Å². The van der Waals surface area contributed by atoms with Crippen molar-refractivity contribution in [1.82, 2.24) is 4.98 Å². The van der Waals surface area contributed by atoms with Gasteiger partial charge in [0.2, 0.25) is 0 Å². The van der Waals surface area contributed by atoms with Gasteiger partial charge in [-0.1, -0.05) is 25.1 Å². The van der Waals surface area contributed by atoms with E-state index < -0.39 is 0 Å². The monoisotopic (exact) mass is 320 g/mol. The number of fused-ring (bicyclic) bond motifs is 2. The predicted molar refractivity (Wildman–Crippen MR) is 92.3 cm³/mol. The molecular weight excluding hydrogens is 304 g/mol. The van der Waals surface area contributed by atoms with Crippen molar-refractivity contribution in [2.45, 2.75) is 20.3 Å². The van der Waals surface area contributed by atoms with Gasteiger partial charge < -0.3 is 14.2 Å². The molecule has 0 aliphatic carbocycles. The number of oxazole rings is 1. The summed E-state index contributed by atoms with van der Waals surface area (Å²) in [5.41, 5.74) is 3.70. The summed E-state index contributed by atoms with van der Waals surface area (Å²) < 4.78 is 11.3. The first-order valence-electron chi connectivity index (χ1n) is 7.84. The van der Waals surface area contributed by atoms with E-state index in [0.717, 1.165) is 28.5 Å². The Hall–Kier alpha value is -3.08. The Labute approximate surface area is 138 Å². The van der Waals surface area contributed by atoms with Crippen LogP contribution in [-0.4, -0.2) is 10.9 Å². The highest BCUT2D eigenvalue weighted by Crippen LogP contribution is 2.27. The maximum Gasteiger partial charge on any atom is 0.291 e. The molecule has 0 aliphatic heterocycles. The molecule has 0 spiro atoms. The van der Waals surface area contributed by atoms with Gasteiger partial charge in [0.1, 0.15) is 11.1 Å². The summed E-state index contributed by atoms with van der Waals surface area (Å²) in [7, 11) is 0. The summed E-state index contributed by atoms with van der Waals surface area (Å²) in [6.07, 6.45) is 0.722. The first kappa shape index (κ1) is 14.5. The van der Waals surface area contributed by atoms with Gasteiger partial charge in [0.05, 0.1) is 0 Å². The number of carbonyl (C=O) groups excluding carboxylic acids is 1. The highest BCUT2D eigenvalue weighted by molar-refractivity contribution is 6.07. The Morgan fingerprint density at radius 2 is 1.96 bits per heavy atom. The number of nitrogens with one attached hydrogen (secondary N) is 1. The quantitative estimate of drug-likeness (QED) is 0.594. The SMILES string of the molecule is CCc1c(C(=O)Nc2ccc3nc(C)oc3c2)oc2ccccc12. The van der Waals surface area contributed by atoms with Gasteiger partial charge in [-0.05, 0) is 24.6 Å². The van der Waals surface area contributed by atoms with Crippen molar-refractivity contribution in [3.63, 3.8) is 0 Å². The van der Waals surface area contributed by atoms with Gasteiger partial charge in [-0.15, -0.1) is 0 Å². The van der Waals surface area contributed by atoms with Crippen LogP contribution in [0.4, 0.5) is 5.69 Å². The van der Waals surface area contributed by atoms with E-state index in [4.69, 9.17) is 8.83 Å². The summed E-state index contributed by atoms with van der Waals surface area (Å²) >= 11 is 0. The van der Waals surface area contributed by atoms with Gasteiger partial charge in [0, 0.05) is 29.6 Å². The van der Waals surface area contributed by atoms with Crippen LogP contribution in [0.5, 0.6) is 0 Å². The highest BCUT2D eigenvalue weighted by Gasteiger charge is 2.19. The molecule has 5 nitrogen and oxygen atoms in total. The molecule has 0 saturated heterocycles. The lowest BCUT2D eigenvalue weighted by Gasteiger charge is -2.04. The molecule has 0 saturated carbocycles. The number of aromatic nitrogens is 1. The summed E-state index contributed by atoms with van der Waals surface area (Å²) in [4.78, 5) is 16.9. The molecular formula is C19H16N2O3. The minimum absolute atomic E-state index is 0.265. The Balaban J connectivity index is 1.70. The minimum Gasteiger partial charge on any atom is -0.451 e. The molecule has 0 unspecified atom stereocenters. The third-order valence-corrected chi connectivity index (χ3v) is 4.01. The van der Waals surface area contributed by atoms with Crippen molar-refractivity contribution in [3.05, 3.63) is 59.7 Å². The molecule has 0 atom stereocenters. The fraction of sp³-hybridized carbons (Fsp3) is 0.158. The lowest BCUT2D eigenvalue weighted by atomic mass is 10.1. The van der Waals surface area contributed by atoms with Crippen LogP contribution in [-0.2, 0) is 6.42 Å². The molecule has 120 valence electrons. The Morgan fingerprint density at radius 1 is 1.12 bits per heavy atom. The number of aryl methyl sites for hydroxylation is 2. The summed E-state index contributed by atoms with van der Waals surface area (Å²) in [5.74, 6) is 0.685. The van der Waals surface area contributed by atoms with Crippen LogP contribution in [0.25, 0.3) is 22.1 Å². The molecule has 2 heterocycles. The zero-order valence-electron chi connectivity index (χ0n) is 13.4. The van der Waals surface area contributed by atoms with Crippen molar-refractivity contribution in [1.29, 1.82) is 0 Å². The maximum absolute atomic E-state index is 12.7. The van der Waals surface area contributed by atoms with E-state index in [2.05, 4.69) is 10.3 Å². The Kier molecular flexibility index (Phi) is 3.34. The molecule has 4 aromatic rings. The summed E-state index contributed by atoms with van der Waals surface area (Å²) in [6.45, 7) is 3.80. The number of para-hydroxylation sites is 1. The second-order valence-electron chi connectivity index (χ2n) is 5.63. The van der Waals surface area contributed by atoms with Crippen LogP contribution in [0.2, 0.25) is 0 Å². The van der Waals surface area contributed by atoms with Gasteiger partial charge in [0.25, 0.3) is 5.91 Å². The molecule has 24 heavy (non-hydrogen) atoms. The van der Waals surface area contributed by atoms with Crippen molar-refractivity contribution in [2.24, 2.45) is 0 Å². The largest absolute Gasteiger partial charge is 0.451 e. The van der Waals surface area contributed by atoms with Crippen molar-refractivity contribution in [2.75, 3.05) is 5.32 Å². The molecule has 0 bridgehead atoms. The zero-order valence-corrected chi connectivity index (χ0v) is 13.4. The first-order valence-corrected chi connectivity index (χ1v) is 7.84. The average molecular weight is 320 g/mol.